The highest BCUT2D eigenvalue weighted by molar-refractivity contribution is 6.31. The molecule has 1 fully saturated rings. The highest BCUT2D eigenvalue weighted by Crippen LogP contribution is 2.27. The van der Waals surface area contributed by atoms with Gasteiger partial charge in [0, 0.05) is 50.0 Å². The van der Waals surface area contributed by atoms with E-state index < -0.39 is 0 Å². The number of nitrogens with zero attached hydrogens (tertiary/aromatic N) is 2. The van der Waals surface area contributed by atoms with Crippen LogP contribution in [-0.4, -0.2) is 32.5 Å². The van der Waals surface area contributed by atoms with Crippen LogP contribution in [0, 0.1) is 5.92 Å². The first-order valence-electron chi connectivity index (χ1n) is 8.54. The van der Waals surface area contributed by atoms with Crippen molar-refractivity contribution in [3.63, 3.8) is 0 Å². The minimum Gasteiger partial charge on any atom is -0.378 e. The molecule has 5 nitrogen and oxygen atoms in total. The van der Waals surface area contributed by atoms with Gasteiger partial charge in [0.15, 0.2) is 0 Å². The van der Waals surface area contributed by atoms with E-state index in [1.165, 1.54) is 0 Å². The van der Waals surface area contributed by atoms with E-state index in [1.54, 1.807) is 23.1 Å². The maximum atomic E-state index is 12.5. The summed E-state index contributed by atoms with van der Waals surface area (Å²) in [6, 6.07) is 15.2. The Kier molecular flexibility index (Phi) is 5.47. The van der Waals surface area contributed by atoms with E-state index in [0.717, 1.165) is 16.9 Å². The van der Waals surface area contributed by atoms with Crippen molar-refractivity contribution in [2.24, 2.45) is 5.92 Å². The molecule has 26 heavy (non-hydrogen) atoms. The summed E-state index contributed by atoms with van der Waals surface area (Å²) in [5, 5.41) is 3.51. The Hall–Kier alpha value is -2.53. The zero-order chi connectivity index (χ0) is 18.7. The van der Waals surface area contributed by atoms with Crippen LogP contribution in [0.4, 0.5) is 11.4 Å². The van der Waals surface area contributed by atoms with Gasteiger partial charge in [-0.25, -0.2) is 0 Å². The lowest BCUT2D eigenvalue weighted by Crippen LogP contribution is -2.32. The van der Waals surface area contributed by atoms with Gasteiger partial charge in [-0.2, -0.15) is 0 Å². The van der Waals surface area contributed by atoms with E-state index in [2.05, 4.69) is 5.32 Å². The number of hydrogen-bond acceptors (Lipinski definition) is 3. The second kappa shape index (κ2) is 7.79. The molecule has 0 aromatic heterocycles. The van der Waals surface area contributed by atoms with Crippen molar-refractivity contribution in [2.75, 3.05) is 30.4 Å². The van der Waals surface area contributed by atoms with Crippen LogP contribution in [0.15, 0.2) is 48.5 Å². The van der Waals surface area contributed by atoms with E-state index in [1.807, 2.05) is 49.3 Å². The first-order valence-corrected chi connectivity index (χ1v) is 8.92. The van der Waals surface area contributed by atoms with Crippen LogP contribution in [0.2, 0.25) is 5.02 Å². The average Bonchev–Trinajstić information content (AvgIpc) is 3.02. The van der Waals surface area contributed by atoms with Gasteiger partial charge in [0.1, 0.15) is 0 Å². The molecule has 0 spiro atoms. The summed E-state index contributed by atoms with van der Waals surface area (Å²) in [5.41, 5.74) is 2.87. The number of benzene rings is 2. The summed E-state index contributed by atoms with van der Waals surface area (Å²) >= 11 is 6.00. The van der Waals surface area contributed by atoms with Gasteiger partial charge in [-0.15, -0.1) is 0 Å². The monoisotopic (exact) mass is 371 g/mol. The molecule has 136 valence electrons. The molecule has 3 rings (SSSR count). The van der Waals surface area contributed by atoms with E-state index in [0.29, 0.717) is 18.1 Å². The summed E-state index contributed by atoms with van der Waals surface area (Å²) < 4.78 is 0. The molecule has 0 bridgehead atoms. The fourth-order valence-corrected chi connectivity index (χ4v) is 3.21. The van der Waals surface area contributed by atoms with Crippen LogP contribution in [0.5, 0.6) is 0 Å². The van der Waals surface area contributed by atoms with Gasteiger partial charge in [0.25, 0.3) is 0 Å². The number of nitrogens with one attached hydrogen (secondary N) is 1. The Labute approximate surface area is 158 Å². The number of amides is 2. The van der Waals surface area contributed by atoms with Crippen molar-refractivity contribution in [1.29, 1.82) is 0 Å². The van der Waals surface area contributed by atoms with Crippen LogP contribution < -0.4 is 15.1 Å². The van der Waals surface area contributed by atoms with Crippen molar-refractivity contribution in [1.82, 2.24) is 5.32 Å². The molecule has 1 aliphatic rings. The molecule has 1 heterocycles. The largest absolute Gasteiger partial charge is 0.378 e. The molecule has 1 aliphatic heterocycles. The molecular formula is C20H22ClN3O2. The van der Waals surface area contributed by atoms with Crippen LogP contribution in [-0.2, 0) is 16.1 Å². The van der Waals surface area contributed by atoms with Crippen LogP contribution in [0.3, 0.4) is 0 Å². The second-order valence-electron chi connectivity index (χ2n) is 6.66. The molecule has 2 amide bonds. The second-order valence-corrected chi connectivity index (χ2v) is 7.10. The molecule has 1 N–H and O–H groups in total. The molecule has 0 aliphatic carbocycles. The number of hydrogen-bond donors (Lipinski definition) is 1. The van der Waals surface area contributed by atoms with Gasteiger partial charge >= 0.3 is 0 Å². The Bertz CT molecular complexity index is 805. The van der Waals surface area contributed by atoms with E-state index in [9.17, 15) is 9.59 Å². The number of anilines is 2. The third kappa shape index (κ3) is 4.17. The van der Waals surface area contributed by atoms with E-state index in [-0.39, 0.29) is 24.2 Å². The summed E-state index contributed by atoms with van der Waals surface area (Å²) in [6.07, 6.45) is 0.220. The Morgan fingerprint density at radius 3 is 2.62 bits per heavy atom. The maximum absolute atomic E-state index is 12.5. The van der Waals surface area contributed by atoms with Crippen LogP contribution >= 0.6 is 11.6 Å². The predicted octanol–water partition coefficient (Wildman–Crippen LogP) is 3.08. The smallest absolute Gasteiger partial charge is 0.227 e. The molecule has 1 unspecified atom stereocenters. The first kappa shape index (κ1) is 18.3. The molecule has 1 saturated heterocycles. The predicted molar refractivity (Wildman–Crippen MR) is 105 cm³/mol. The number of rotatable bonds is 5. The summed E-state index contributed by atoms with van der Waals surface area (Å²) in [4.78, 5) is 28.4. The van der Waals surface area contributed by atoms with Crippen molar-refractivity contribution < 1.29 is 9.59 Å². The Morgan fingerprint density at radius 2 is 1.96 bits per heavy atom. The topological polar surface area (TPSA) is 52.7 Å². The minimum absolute atomic E-state index is 0.0530. The lowest BCUT2D eigenvalue weighted by molar-refractivity contribution is -0.126. The van der Waals surface area contributed by atoms with Gasteiger partial charge in [-0.1, -0.05) is 29.8 Å². The summed E-state index contributed by atoms with van der Waals surface area (Å²) in [7, 11) is 3.97. The van der Waals surface area contributed by atoms with E-state index >= 15 is 0 Å². The van der Waals surface area contributed by atoms with Gasteiger partial charge < -0.3 is 15.1 Å². The molecule has 6 heteroatoms. The normalized spacial score (nSPS) is 16.7. The molecule has 2 aromatic rings. The quantitative estimate of drug-likeness (QED) is 0.878. The number of halogens is 1. The molecule has 0 radical (unpaired) electrons. The Balaban J connectivity index is 1.58. The lowest BCUT2D eigenvalue weighted by Gasteiger charge is -2.17. The maximum Gasteiger partial charge on any atom is 0.227 e. The van der Waals surface area contributed by atoms with Gasteiger partial charge in [-0.05, 0) is 35.9 Å². The third-order valence-corrected chi connectivity index (χ3v) is 4.77. The van der Waals surface area contributed by atoms with Crippen LogP contribution in [0.1, 0.15) is 12.0 Å². The number of carbonyl (C=O) groups excluding carboxylic acids is 2. The Morgan fingerprint density at radius 1 is 1.23 bits per heavy atom. The van der Waals surface area contributed by atoms with Gasteiger partial charge in [-0.3, -0.25) is 9.59 Å². The minimum atomic E-state index is -0.345. The van der Waals surface area contributed by atoms with Crippen LogP contribution in [0.25, 0.3) is 0 Å². The number of carbonyl (C=O) groups is 2. The van der Waals surface area contributed by atoms with Gasteiger partial charge in [0.05, 0.1) is 5.92 Å². The molecule has 1 atom stereocenters. The molecular weight excluding hydrogens is 350 g/mol. The third-order valence-electron chi connectivity index (χ3n) is 4.54. The fourth-order valence-electron chi connectivity index (χ4n) is 3.02. The molecule has 2 aromatic carbocycles. The summed E-state index contributed by atoms with van der Waals surface area (Å²) in [6.45, 7) is 0.832. The zero-order valence-electron chi connectivity index (χ0n) is 14.9. The highest BCUT2D eigenvalue weighted by atomic mass is 35.5. The zero-order valence-corrected chi connectivity index (χ0v) is 15.7. The molecule has 0 saturated carbocycles. The van der Waals surface area contributed by atoms with Crippen molar-refractivity contribution >= 4 is 34.8 Å². The van der Waals surface area contributed by atoms with Crippen molar-refractivity contribution in [3.8, 4) is 0 Å². The van der Waals surface area contributed by atoms with Crippen molar-refractivity contribution in [2.45, 2.75) is 13.0 Å². The van der Waals surface area contributed by atoms with Crippen molar-refractivity contribution in [3.05, 3.63) is 59.1 Å². The standard InChI is InChI=1S/C20H22ClN3O2/c1-23(2)17-8-6-14(7-9-17)12-22-20(26)15-10-19(25)24(13-15)18-5-3-4-16(21)11-18/h3-9,11,15H,10,12-13H2,1-2H3,(H,22,26). The highest BCUT2D eigenvalue weighted by Gasteiger charge is 2.35. The van der Waals surface area contributed by atoms with Gasteiger partial charge in [0.2, 0.25) is 11.8 Å². The fraction of sp³-hybridized carbons (Fsp3) is 0.300. The SMILES string of the molecule is CN(C)c1ccc(CNC(=O)C2CC(=O)N(c3cccc(Cl)c3)C2)cc1. The van der Waals surface area contributed by atoms with E-state index in [4.69, 9.17) is 11.6 Å². The lowest BCUT2D eigenvalue weighted by atomic mass is 10.1. The summed E-state index contributed by atoms with van der Waals surface area (Å²) in [5.74, 6) is -0.496. The average molecular weight is 372 g/mol. The first-order chi connectivity index (χ1) is 12.4.